The molecular formula is C12H13BrN4O2. The van der Waals surface area contributed by atoms with Crippen LogP contribution < -0.4 is 10.2 Å². The Labute approximate surface area is 118 Å². The summed E-state index contributed by atoms with van der Waals surface area (Å²) in [6.07, 6.45) is -0.284. The first kappa shape index (κ1) is 12.4. The summed E-state index contributed by atoms with van der Waals surface area (Å²) < 4.78 is 2.71. The van der Waals surface area contributed by atoms with Gasteiger partial charge in [0.15, 0.2) is 5.82 Å². The molecule has 1 aromatic heterocycles. The van der Waals surface area contributed by atoms with Crippen LogP contribution >= 0.6 is 15.9 Å². The summed E-state index contributed by atoms with van der Waals surface area (Å²) in [4.78, 5) is 13.5. The Balaban J connectivity index is 2.08. The molecule has 0 bridgehead atoms. The van der Waals surface area contributed by atoms with E-state index in [1.165, 1.54) is 0 Å². The number of aliphatic hydroxyl groups excluding tert-OH is 1. The minimum absolute atomic E-state index is 0.318. The maximum atomic E-state index is 11.9. The fraction of sp³-hybridized carbons (Fsp3) is 0.333. The Morgan fingerprint density at radius 3 is 3.05 bits per heavy atom. The third-order valence-corrected chi connectivity index (χ3v) is 3.70. The van der Waals surface area contributed by atoms with Gasteiger partial charge in [0.1, 0.15) is 6.23 Å². The molecule has 0 radical (unpaired) electrons. The number of aryl methyl sites for hydroxylation is 1. The van der Waals surface area contributed by atoms with Gasteiger partial charge in [-0.25, -0.2) is 4.79 Å². The first-order valence-corrected chi connectivity index (χ1v) is 6.74. The number of carbonyl (C=O) groups is 1. The zero-order valence-corrected chi connectivity index (χ0v) is 11.9. The van der Waals surface area contributed by atoms with E-state index in [1.807, 2.05) is 25.2 Å². The number of hydrogen-bond acceptors (Lipinski definition) is 3. The van der Waals surface area contributed by atoms with Crippen LogP contribution in [0, 0.1) is 0 Å². The van der Waals surface area contributed by atoms with E-state index in [2.05, 4.69) is 26.3 Å². The third kappa shape index (κ3) is 2.08. The Hall–Kier alpha value is -1.60. The van der Waals surface area contributed by atoms with Crippen molar-refractivity contribution in [2.24, 2.45) is 7.05 Å². The SMILES string of the molecule is Cn1nc(N2CCC(O)NC2=O)c2ccc(Br)cc21. The molecule has 1 aliphatic rings. The highest BCUT2D eigenvalue weighted by Crippen LogP contribution is 2.29. The molecule has 1 unspecified atom stereocenters. The fourth-order valence-corrected chi connectivity index (χ4v) is 2.61. The summed E-state index contributed by atoms with van der Waals surface area (Å²) >= 11 is 3.42. The first-order valence-electron chi connectivity index (χ1n) is 5.94. The molecule has 0 aliphatic carbocycles. The normalized spacial score (nSPS) is 19.8. The number of nitrogens with zero attached hydrogens (tertiary/aromatic N) is 3. The number of aliphatic hydroxyl groups is 1. The first-order chi connectivity index (χ1) is 9.06. The number of amides is 2. The molecule has 2 amide bonds. The minimum atomic E-state index is -0.770. The summed E-state index contributed by atoms with van der Waals surface area (Å²) in [7, 11) is 1.84. The van der Waals surface area contributed by atoms with Crippen molar-refractivity contribution >= 4 is 38.7 Å². The predicted molar refractivity (Wildman–Crippen MR) is 74.9 cm³/mol. The van der Waals surface area contributed by atoms with Gasteiger partial charge in [0.05, 0.1) is 5.52 Å². The van der Waals surface area contributed by atoms with Crippen LogP contribution in [0.4, 0.5) is 10.6 Å². The van der Waals surface area contributed by atoms with Gasteiger partial charge in [-0.15, -0.1) is 0 Å². The lowest BCUT2D eigenvalue weighted by molar-refractivity contribution is 0.125. The van der Waals surface area contributed by atoms with E-state index in [-0.39, 0.29) is 6.03 Å². The lowest BCUT2D eigenvalue weighted by atomic mass is 10.2. The molecule has 1 atom stereocenters. The molecule has 1 fully saturated rings. The van der Waals surface area contributed by atoms with Crippen molar-refractivity contribution in [1.29, 1.82) is 0 Å². The van der Waals surface area contributed by atoms with Gasteiger partial charge in [0.2, 0.25) is 0 Å². The Bertz CT molecular complexity index is 654. The lowest BCUT2D eigenvalue weighted by Gasteiger charge is -2.29. The molecule has 1 aromatic carbocycles. The van der Waals surface area contributed by atoms with Crippen LogP contribution in [0.2, 0.25) is 0 Å². The fourth-order valence-electron chi connectivity index (χ4n) is 2.26. The van der Waals surface area contributed by atoms with E-state index in [0.29, 0.717) is 18.8 Å². The molecule has 2 aromatic rings. The van der Waals surface area contributed by atoms with Gasteiger partial charge in [-0.2, -0.15) is 5.10 Å². The summed E-state index contributed by atoms with van der Waals surface area (Å²) in [5, 5.41) is 17.2. The van der Waals surface area contributed by atoms with Gasteiger partial charge in [-0.05, 0) is 18.2 Å². The third-order valence-electron chi connectivity index (χ3n) is 3.21. The van der Waals surface area contributed by atoms with Gasteiger partial charge in [0.25, 0.3) is 0 Å². The van der Waals surface area contributed by atoms with E-state index in [4.69, 9.17) is 0 Å². The monoisotopic (exact) mass is 324 g/mol. The van der Waals surface area contributed by atoms with E-state index in [9.17, 15) is 9.90 Å². The van der Waals surface area contributed by atoms with E-state index >= 15 is 0 Å². The highest BCUT2D eigenvalue weighted by Gasteiger charge is 2.27. The van der Waals surface area contributed by atoms with Crippen molar-refractivity contribution in [2.45, 2.75) is 12.6 Å². The smallest absolute Gasteiger partial charge is 0.325 e. The zero-order valence-electron chi connectivity index (χ0n) is 10.3. The second kappa shape index (κ2) is 4.50. The topological polar surface area (TPSA) is 70.4 Å². The van der Waals surface area contributed by atoms with Gasteiger partial charge in [-0.3, -0.25) is 9.58 Å². The molecule has 1 aliphatic heterocycles. The second-order valence-electron chi connectivity index (χ2n) is 4.51. The number of halogens is 1. The molecule has 7 heteroatoms. The number of anilines is 1. The van der Waals surface area contributed by atoms with E-state index in [1.54, 1.807) is 9.58 Å². The largest absolute Gasteiger partial charge is 0.374 e. The summed E-state index contributed by atoms with van der Waals surface area (Å²) in [5.41, 5.74) is 0.947. The number of fused-ring (bicyclic) bond motifs is 1. The van der Waals surface area contributed by atoms with Gasteiger partial charge >= 0.3 is 6.03 Å². The number of rotatable bonds is 1. The number of benzene rings is 1. The summed E-state index contributed by atoms with van der Waals surface area (Å²) in [6.45, 7) is 0.454. The van der Waals surface area contributed by atoms with Crippen LogP contribution in [0.3, 0.4) is 0 Å². The van der Waals surface area contributed by atoms with E-state index in [0.717, 1.165) is 15.4 Å². The standard InChI is InChI=1S/C12H13BrN4O2/c1-16-9-6-7(13)2-3-8(9)11(15-16)17-5-4-10(18)14-12(17)19/h2-3,6,10,18H,4-5H2,1H3,(H,14,19). The van der Waals surface area contributed by atoms with Crippen molar-refractivity contribution in [3.63, 3.8) is 0 Å². The quantitative estimate of drug-likeness (QED) is 0.836. The van der Waals surface area contributed by atoms with Crippen molar-refractivity contribution in [2.75, 3.05) is 11.4 Å². The van der Waals surface area contributed by atoms with Crippen molar-refractivity contribution in [3.05, 3.63) is 22.7 Å². The van der Waals surface area contributed by atoms with Crippen molar-refractivity contribution in [1.82, 2.24) is 15.1 Å². The maximum Gasteiger partial charge on any atom is 0.325 e. The molecule has 3 rings (SSSR count). The van der Waals surface area contributed by atoms with Gasteiger partial charge in [-0.1, -0.05) is 15.9 Å². The average molecular weight is 325 g/mol. The van der Waals surface area contributed by atoms with Gasteiger partial charge in [0, 0.05) is 29.9 Å². The summed E-state index contributed by atoms with van der Waals surface area (Å²) in [5.74, 6) is 0.620. The Kier molecular flexibility index (Phi) is 2.94. The molecule has 2 N–H and O–H groups in total. The number of hydrogen-bond donors (Lipinski definition) is 2. The predicted octanol–water partition coefficient (Wildman–Crippen LogP) is 1.57. The second-order valence-corrected chi connectivity index (χ2v) is 5.43. The highest BCUT2D eigenvalue weighted by atomic mass is 79.9. The molecule has 6 nitrogen and oxygen atoms in total. The average Bonchev–Trinajstić information content (AvgIpc) is 2.66. The molecular weight excluding hydrogens is 312 g/mol. The molecule has 19 heavy (non-hydrogen) atoms. The van der Waals surface area contributed by atoms with Gasteiger partial charge < -0.3 is 10.4 Å². The van der Waals surface area contributed by atoms with Crippen LogP contribution in [-0.2, 0) is 7.05 Å². The van der Waals surface area contributed by atoms with Crippen LogP contribution in [0.15, 0.2) is 22.7 Å². The van der Waals surface area contributed by atoms with Crippen molar-refractivity contribution in [3.8, 4) is 0 Å². The van der Waals surface area contributed by atoms with E-state index < -0.39 is 6.23 Å². The number of carbonyl (C=O) groups excluding carboxylic acids is 1. The maximum absolute atomic E-state index is 11.9. The van der Waals surface area contributed by atoms with Crippen LogP contribution in [0.1, 0.15) is 6.42 Å². The molecule has 0 saturated carbocycles. The van der Waals surface area contributed by atoms with Crippen LogP contribution in [0.25, 0.3) is 10.9 Å². The Morgan fingerprint density at radius 1 is 1.53 bits per heavy atom. The molecule has 0 spiro atoms. The summed E-state index contributed by atoms with van der Waals surface area (Å²) in [6, 6.07) is 5.49. The van der Waals surface area contributed by atoms with Crippen LogP contribution in [0.5, 0.6) is 0 Å². The van der Waals surface area contributed by atoms with Crippen LogP contribution in [-0.4, -0.2) is 33.7 Å². The number of urea groups is 1. The van der Waals surface area contributed by atoms with Crippen molar-refractivity contribution < 1.29 is 9.90 Å². The zero-order chi connectivity index (χ0) is 13.6. The minimum Gasteiger partial charge on any atom is -0.374 e. The molecule has 1 saturated heterocycles. The molecule has 2 heterocycles. The highest BCUT2D eigenvalue weighted by molar-refractivity contribution is 9.10. The lowest BCUT2D eigenvalue weighted by Crippen LogP contribution is -2.52. The number of aromatic nitrogens is 2. The number of nitrogens with one attached hydrogen (secondary N) is 1. The molecule has 100 valence electrons. The Morgan fingerprint density at radius 2 is 2.32 bits per heavy atom.